The van der Waals surface area contributed by atoms with E-state index in [1.807, 2.05) is 36.4 Å². The number of methoxy groups -OCH3 is 1. The van der Waals surface area contributed by atoms with Gasteiger partial charge in [-0.1, -0.05) is 34.7 Å². The summed E-state index contributed by atoms with van der Waals surface area (Å²) >= 11 is 0. The Morgan fingerprint density at radius 3 is 2.55 bits per heavy atom. The topological polar surface area (TPSA) is 141 Å². The predicted molar refractivity (Wildman–Crippen MR) is 115 cm³/mol. The molecule has 0 amide bonds. The van der Waals surface area contributed by atoms with Crippen molar-refractivity contribution < 1.29 is 24.8 Å². The first kappa shape index (κ1) is 21.5. The molecule has 0 radical (unpaired) electrons. The summed E-state index contributed by atoms with van der Waals surface area (Å²) in [5, 5.41) is 47.9. The number of nitrogens with zero attached hydrogens (tertiary/aromatic N) is 6. The minimum absolute atomic E-state index is 0.333. The van der Waals surface area contributed by atoms with Gasteiger partial charge in [0.1, 0.15) is 47.4 Å². The summed E-state index contributed by atoms with van der Waals surface area (Å²) < 4.78 is 14.4. The number of para-hydroxylation sites is 1. The van der Waals surface area contributed by atoms with Gasteiger partial charge in [-0.15, -0.1) is 10.2 Å². The maximum Gasteiger partial charge on any atom is 0.118 e. The second-order valence-corrected chi connectivity index (χ2v) is 7.95. The van der Waals surface area contributed by atoms with Gasteiger partial charge in [0.15, 0.2) is 0 Å². The molecule has 0 aliphatic carbocycles. The molecule has 1 aliphatic heterocycles. The first-order chi connectivity index (χ1) is 16.1. The van der Waals surface area contributed by atoms with Gasteiger partial charge in [-0.2, -0.15) is 0 Å². The molecule has 2 aromatic carbocycles. The molecule has 0 bridgehead atoms. The highest BCUT2D eigenvalue weighted by Gasteiger charge is 2.46. The van der Waals surface area contributed by atoms with Crippen LogP contribution >= 0.6 is 0 Å². The van der Waals surface area contributed by atoms with E-state index in [4.69, 9.17) is 9.47 Å². The lowest BCUT2D eigenvalue weighted by Gasteiger charge is -2.42. The van der Waals surface area contributed by atoms with E-state index in [1.165, 1.54) is 4.68 Å². The minimum Gasteiger partial charge on any atom is -0.497 e. The van der Waals surface area contributed by atoms with Crippen LogP contribution in [0.2, 0.25) is 0 Å². The molecule has 1 saturated heterocycles. The van der Waals surface area contributed by atoms with Crippen LogP contribution in [0.5, 0.6) is 5.75 Å². The summed E-state index contributed by atoms with van der Waals surface area (Å²) in [7, 11) is 1.58. The molecule has 1 fully saturated rings. The first-order valence-electron chi connectivity index (χ1n) is 10.5. The Hall–Kier alpha value is -3.38. The Morgan fingerprint density at radius 1 is 1.00 bits per heavy atom. The maximum atomic E-state index is 11.0. The fraction of sp³-hybridized carbons (Fsp3) is 0.364. The monoisotopic (exact) mass is 452 g/mol. The molecule has 33 heavy (non-hydrogen) atoms. The first-order valence-corrected chi connectivity index (χ1v) is 10.5. The number of aliphatic hydroxyl groups is 3. The summed E-state index contributed by atoms with van der Waals surface area (Å²) in [6.07, 6.45) is -2.47. The normalized spacial score (nSPS) is 25.4. The number of aliphatic hydroxyl groups excluding tert-OH is 3. The van der Waals surface area contributed by atoms with Crippen LogP contribution in [0.25, 0.3) is 11.0 Å². The highest BCUT2D eigenvalue weighted by molar-refractivity contribution is 5.73. The van der Waals surface area contributed by atoms with Crippen molar-refractivity contribution in [2.75, 3.05) is 13.7 Å². The smallest absolute Gasteiger partial charge is 0.118 e. The fourth-order valence-electron chi connectivity index (χ4n) is 4.19. The highest BCUT2D eigenvalue weighted by Crippen LogP contribution is 2.40. The van der Waals surface area contributed by atoms with Crippen LogP contribution in [-0.4, -0.2) is 77.3 Å². The Kier molecular flexibility index (Phi) is 5.77. The third kappa shape index (κ3) is 3.95. The number of aromatic nitrogens is 6. The standard InChI is InChI=1S/C22H24N6O5/c1-32-15-8-6-13(7-9-15)22-19(21(31)20(30)18(12-29)33-22)28-11-14(23-25-28)10-27-17-5-3-2-4-16(17)24-26-27/h2-9,11,18-22,29-31H,10,12H2,1H3. The summed E-state index contributed by atoms with van der Waals surface area (Å²) in [5.41, 5.74) is 2.98. The Labute approximate surface area is 188 Å². The van der Waals surface area contributed by atoms with E-state index in [0.29, 0.717) is 18.0 Å². The van der Waals surface area contributed by atoms with Gasteiger partial charge in [0.05, 0.1) is 32.0 Å². The maximum absolute atomic E-state index is 11.0. The molecule has 4 aromatic rings. The van der Waals surface area contributed by atoms with Crippen molar-refractivity contribution >= 4 is 11.0 Å². The summed E-state index contributed by atoms with van der Waals surface area (Å²) in [5.74, 6) is 0.675. The Morgan fingerprint density at radius 2 is 1.79 bits per heavy atom. The van der Waals surface area contributed by atoms with Crippen LogP contribution in [0, 0.1) is 0 Å². The zero-order chi connectivity index (χ0) is 22.9. The third-order valence-electron chi connectivity index (χ3n) is 5.93. The molecule has 172 valence electrons. The van der Waals surface area contributed by atoms with E-state index < -0.39 is 37.1 Å². The van der Waals surface area contributed by atoms with Crippen molar-refractivity contribution in [3.8, 4) is 5.75 Å². The van der Waals surface area contributed by atoms with Gasteiger partial charge in [-0.05, 0) is 29.8 Å². The molecular weight excluding hydrogens is 428 g/mol. The average Bonchev–Trinajstić information content (AvgIpc) is 3.48. The van der Waals surface area contributed by atoms with E-state index in [2.05, 4.69) is 20.6 Å². The highest BCUT2D eigenvalue weighted by atomic mass is 16.5. The molecule has 5 atom stereocenters. The molecule has 3 heterocycles. The number of benzene rings is 2. The molecule has 0 spiro atoms. The number of hydrogen-bond donors (Lipinski definition) is 3. The summed E-state index contributed by atoms with van der Waals surface area (Å²) in [6, 6.07) is 14.0. The zero-order valence-corrected chi connectivity index (χ0v) is 17.8. The fourth-order valence-corrected chi connectivity index (χ4v) is 4.19. The van der Waals surface area contributed by atoms with Crippen LogP contribution < -0.4 is 4.74 Å². The largest absolute Gasteiger partial charge is 0.497 e. The van der Waals surface area contributed by atoms with Crippen LogP contribution in [0.3, 0.4) is 0 Å². The lowest BCUT2D eigenvalue weighted by molar-refractivity contribution is -0.208. The van der Waals surface area contributed by atoms with Crippen LogP contribution in [-0.2, 0) is 11.3 Å². The molecule has 1 aliphatic rings. The number of fused-ring (bicyclic) bond motifs is 1. The van der Waals surface area contributed by atoms with Gasteiger partial charge in [-0.25, -0.2) is 9.36 Å². The van der Waals surface area contributed by atoms with Gasteiger partial charge in [0.2, 0.25) is 0 Å². The molecule has 5 unspecified atom stereocenters. The van der Waals surface area contributed by atoms with Gasteiger partial charge in [0.25, 0.3) is 0 Å². The molecule has 11 nitrogen and oxygen atoms in total. The van der Waals surface area contributed by atoms with Gasteiger partial charge < -0.3 is 24.8 Å². The number of hydrogen-bond acceptors (Lipinski definition) is 9. The van der Waals surface area contributed by atoms with Crippen molar-refractivity contribution in [3.63, 3.8) is 0 Å². The van der Waals surface area contributed by atoms with Crippen molar-refractivity contribution in [1.82, 2.24) is 30.0 Å². The summed E-state index contributed by atoms with van der Waals surface area (Å²) in [4.78, 5) is 0. The lowest BCUT2D eigenvalue weighted by atomic mass is 9.89. The molecule has 2 aromatic heterocycles. The van der Waals surface area contributed by atoms with E-state index >= 15 is 0 Å². The molecule has 3 N–H and O–H groups in total. The van der Waals surface area contributed by atoms with Crippen molar-refractivity contribution in [2.24, 2.45) is 0 Å². The lowest BCUT2D eigenvalue weighted by Crippen LogP contribution is -2.53. The second-order valence-electron chi connectivity index (χ2n) is 7.95. The SMILES string of the molecule is COc1ccc(C2OC(CO)C(O)C(O)C2n2cc(Cn3nnc4ccccc43)nn2)cc1. The third-order valence-corrected chi connectivity index (χ3v) is 5.93. The van der Waals surface area contributed by atoms with E-state index in [0.717, 1.165) is 16.6 Å². The van der Waals surface area contributed by atoms with Crippen molar-refractivity contribution in [1.29, 1.82) is 0 Å². The van der Waals surface area contributed by atoms with Crippen molar-refractivity contribution in [3.05, 3.63) is 66.0 Å². The van der Waals surface area contributed by atoms with Crippen molar-refractivity contribution in [2.45, 2.75) is 37.0 Å². The van der Waals surface area contributed by atoms with Gasteiger partial charge in [-0.3, -0.25) is 0 Å². The van der Waals surface area contributed by atoms with E-state index in [1.54, 1.807) is 30.1 Å². The number of ether oxygens (including phenoxy) is 2. The Balaban J connectivity index is 1.46. The van der Waals surface area contributed by atoms with E-state index in [9.17, 15) is 15.3 Å². The quantitative estimate of drug-likeness (QED) is 0.381. The number of rotatable bonds is 6. The van der Waals surface area contributed by atoms with E-state index in [-0.39, 0.29) is 0 Å². The second kappa shape index (κ2) is 8.87. The van der Waals surface area contributed by atoms with Crippen LogP contribution in [0.15, 0.2) is 54.7 Å². The minimum atomic E-state index is -1.29. The van der Waals surface area contributed by atoms with Gasteiger partial charge in [0, 0.05) is 0 Å². The molecule has 11 heteroatoms. The zero-order valence-electron chi connectivity index (χ0n) is 17.8. The van der Waals surface area contributed by atoms with Crippen LogP contribution in [0.1, 0.15) is 23.4 Å². The Bertz CT molecular complexity index is 1230. The molecule has 0 saturated carbocycles. The van der Waals surface area contributed by atoms with Crippen LogP contribution in [0.4, 0.5) is 0 Å². The molecule has 5 rings (SSSR count). The molecular formula is C22H24N6O5. The average molecular weight is 452 g/mol. The van der Waals surface area contributed by atoms with Gasteiger partial charge >= 0.3 is 0 Å². The predicted octanol–water partition coefficient (Wildman–Crippen LogP) is 0.475. The summed E-state index contributed by atoms with van der Waals surface area (Å²) in [6.45, 7) is -0.0984.